The molecule has 0 unspecified atom stereocenters. The first-order valence-corrected chi connectivity index (χ1v) is 10.7. The Morgan fingerprint density at radius 3 is 2.61 bits per heavy atom. The van der Waals surface area contributed by atoms with E-state index in [1.54, 1.807) is 23.1 Å². The number of carbonyl (C=O) groups excluding carboxylic acids is 3. The maximum Gasteiger partial charge on any atom is 0.341 e. The average molecular weight is 448 g/mol. The van der Waals surface area contributed by atoms with Gasteiger partial charge in [0.25, 0.3) is 11.1 Å². The molecule has 166 valence electrons. The van der Waals surface area contributed by atoms with Crippen molar-refractivity contribution in [2.75, 3.05) is 33.4 Å². The molecule has 1 aromatic rings. The molecule has 0 aliphatic carbocycles. The highest BCUT2D eigenvalue weighted by atomic mass is 32.2. The number of methoxy groups -OCH3 is 1. The second-order valence-electron chi connectivity index (χ2n) is 7.39. The third-order valence-corrected chi connectivity index (χ3v) is 6.07. The molecule has 2 aliphatic rings. The van der Waals surface area contributed by atoms with Gasteiger partial charge in [-0.1, -0.05) is 19.1 Å². The number of ether oxygens (including phenoxy) is 2. The van der Waals surface area contributed by atoms with Gasteiger partial charge in [0.1, 0.15) is 6.54 Å². The number of benzene rings is 1. The van der Waals surface area contributed by atoms with Crippen LogP contribution in [-0.2, 0) is 14.4 Å². The van der Waals surface area contributed by atoms with Crippen molar-refractivity contribution in [2.24, 2.45) is 5.92 Å². The maximum atomic E-state index is 12.8. The zero-order valence-electron chi connectivity index (χ0n) is 17.3. The van der Waals surface area contributed by atoms with Crippen molar-refractivity contribution in [1.82, 2.24) is 9.80 Å². The SMILES string of the molecule is COc1cccc(C=C2SC(=O)N(CC(=O)N3CCC(C)CC3)C2=O)c1OCC(=O)O. The van der Waals surface area contributed by atoms with E-state index >= 15 is 0 Å². The van der Waals surface area contributed by atoms with Crippen LogP contribution in [0.2, 0.25) is 0 Å². The Morgan fingerprint density at radius 1 is 1.26 bits per heavy atom. The molecule has 3 rings (SSSR count). The van der Waals surface area contributed by atoms with Crippen molar-refractivity contribution in [2.45, 2.75) is 19.8 Å². The number of hydrogen-bond donors (Lipinski definition) is 1. The molecular formula is C21H24N2O7S. The first kappa shape index (κ1) is 22.7. The lowest BCUT2D eigenvalue weighted by Gasteiger charge is -2.31. The van der Waals surface area contributed by atoms with Gasteiger partial charge in [0.2, 0.25) is 5.91 Å². The van der Waals surface area contributed by atoms with E-state index < -0.39 is 23.7 Å². The second kappa shape index (κ2) is 9.86. The number of imide groups is 1. The van der Waals surface area contributed by atoms with Gasteiger partial charge in [0.05, 0.1) is 12.0 Å². The number of aliphatic carboxylic acids is 1. The predicted octanol–water partition coefficient (Wildman–Crippen LogP) is 2.45. The number of amides is 3. The Hall–Kier alpha value is -3.01. The van der Waals surface area contributed by atoms with Crippen molar-refractivity contribution < 1.29 is 33.8 Å². The molecule has 0 atom stereocenters. The summed E-state index contributed by atoms with van der Waals surface area (Å²) in [6, 6.07) is 4.87. The van der Waals surface area contributed by atoms with Gasteiger partial charge in [0.15, 0.2) is 18.1 Å². The van der Waals surface area contributed by atoms with Gasteiger partial charge in [-0.15, -0.1) is 0 Å². The van der Waals surface area contributed by atoms with Gasteiger partial charge >= 0.3 is 5.97 Å². The number of carbonyl (C=O) groups is 4. The summed E-state index contributed by atoms with van der Waals surface area (Å²) < 4.78 is 10.5. The Labute approximate surface area is 184 Å². The van der Waals surface area contributed by atoms with Crippen LogP contribution >= 0.6 is 11.8 Å². The molecule has 0 saturated carbocycles. The number of rotatable bonds is 7. The zero-order chi connectivity index (χ0) is 22.5. The van der Waals surface area contributed by atoms with Crippen LogP contribution in [0.15, 0.2) is 23.1 Å². The van der Waals surface area contributed by atoms with Crippen LogP contribution in [0.5, 0.6) is 11.5 Å². The number of nitrogens with zero attached hydrogens (tertiary/aromatic N) is 2. The van der Waals surface area contributed by atoms with E-state index in [9.17, 15) is 19.2 Å². The summed E-state index contributed by atoms with van der Waals surface area (Å²) >= 11 is 0.727. The molecule has 10 heteroatoms. The molecule has 0 bridgehead atoms. The average Bonchev–Trinajstić information content (AvgIpc) is 3.00. The number of thioether (sulfide) groups is 1. The second-order valence-corrected chi connectivity index (χ2v) is 8.39. The molecule has 0 spiro atoms. The topological polar surface area (TPSA) is 113 Å². The highest BCUT2D eigenvalue weighted by Crippen LogP contribution is 2.37. The van der Waals surface area contributed by atoms with Crippen LogP contribution in [0, 0.1) is 5.92 Å². The molecule has 2 fully saturated rings. The van der Waals surface area contributed by atoms with Crippen molar-refractivity contribution in [3.63, 3.8) is 0 Å². The zero-order valence-corrected chi connectivity index (χ0v) is 18.1. The summed E-state index contributed by atoms with van der Waals surface area (Å²) in [5, 5.41) is 8.38. The third kappa shape index (κ3) is 5.38. The molecule has 0 aromatic heterocycles. The molecule has 31 heavy (non-hydrogen) atoms. The summed E-state index contributed by atoms with van der Waals surface area (Å²) in [5.41, 5.74) is 0.391. The highest BCUT2D eigenvalue weighted by molar-refractivity contribution is 8.18. The fourth-order valence-electron chi connectivity index (χ4n) is 3.37. The van der Waals surface area contributed by atoms with Crippen LogP contribution in [0.4, 0.5) is 4.79 Å². The summed E-state index contributed by atoms with van der Waals surface area (Å²) in [6.07, 6.45) is 3.25. The minimum atomic E-state index is -1.16. The minimum Gasteiger partial charge on any atom is -0.493 e. The summed E-state index contributed by atoms with van der Waals surface area (Å²) in [4.78, 5) is 51.4. The van der Waals surface area contributed by atoms with Gasteiger partial charge in [-0.2, -0.15) is 0 Å². The predicted molar refractivity (Wildman–Crippen MR) is 114 cm³/mol. The Kier molecular flexibility index (Phi) is 7.21. The van der Waals surface area contributed by atoms with E-state index in [4.69, 9.17) is 14.6 Å². The number of piperidine rings is 1. The van der Waals surface area contributed by atoms with Crippen LogP contribution in [-0.4, -0.2) is 71.3 Å². The van der Waals surface area contributed by atoms with E-state index in [0.717, 1.165) is 29.5 Å². The molecule has 0 radical (unpaired) electrons. The van der Waals surface area contributed by atoms with E-state index in [2.05, 4.69) is 6.92 Å². The number of likely N-dealkylation sites (tertiary alicyclic amines) is 1. The third-order valence-electron chi connectivity index (χ3n) is 5.16. The van der Waals surface area contributed by atoms with Gasteiger partial charge < -0.3 is 19.5 Å². The molecule has 2 heterocycles. The number of para-hydroxylation sites is 1. The fourth-order valence-corrected chi connectivity index (χ4v) is 4.20. The lowest BCUT2D eigenvalue weighted by atomic mass is 9.99. The highest BCUT2D eigenvalue weighted by Gasteiger charge is 2.37. The molecule has 2 aliphatic heterocycles. The largest absolute Gasteiger partial charge is 0.493 e. The number of hydrogen-bond acceptors (Lipinski definition) is 7. The van der Waals surface area contributed by atoms with Crippen LogP contribution in [0.25, 0.3) is 6.08 Å². The van der Waals surface area contributed by atoms with Crippen LogP contribution in [0.1, 0.15) is 25.3 Å². The minimum absolute atomic E-state index is 0.124. The van der Waals surface area contributed by atoms with Crippen molar-refractivity contribution >= 4 is 40.9 Å². The molecule has 1 aromatic carbocycles. The van der Waals surface area contributed by atoms with Crippen molar-refractivity contribution in [3.05, 3.63) is 28.7 Å². The summed E-state index contributed by atoms with van der Waals surface area (Å²) in [5.74, 6) is -0.975. The van der Waals surface area contributed by atoms with Gasteiger partial charge in [-0.25, -0.2) is 4.79 Å². The molecule has 2 saturated heterocycles. The van der Waals surface area contributed by atoms with E-state index in [0.29, 0.717) is 30.3 Å². The van der Waals surface area contributed by atoms with E-state index in [-0.39, 0.29) is 23.1 Å². The number of carboxylic acid groups (broad SMARTS) is 1. The smallest absolute Gasteiger partial charge is 0.341 e. The first-order chi connectivity index (χ1) is 14.8. The van der Waals surface area contributed by atoms with Gasteiger partial charge in [-0.3, -0.25) is 19.3 Å². The van der Waals surface area contributed by atoms with E-state index in [1.807, 2.05) is 0 Å². The molecular weight excluding hydrogens is 424 g/mol. The summed E-state index contributed by atoms with van der Waals surface area (Å²) in [7, 11) is 1.41. The Balaban J connectivity index is 1.77. The van der Waals surface area contributed by atoms with Crippen molar-refractivity contribution in [1.29, 1.82) is 0 Å². The quantitative estimate of drug-likeness (QED) is 0.633. The molecule has 1 N–H and O–H groups in total. The van der Waals surface area contributed by atoms with Gasteiger partial charge in [-0.05, 0) is 42.7 Å². The van der Waals surface area contributed by atoms with Crippen LogP contribution in [0.3, 0.4) is 0 Å². The van der Waals surface area contributed by atoms with Crippen LogP contribution < -0.4 is 9.47 Å². The fraction of sp³-hybridized carbons (Fsp3) is 0.429. The Morgan fingerprint density at radius 2 is 1.97 bits per heavy atom. The standard InChI is InChI=1S/C21H24N2O7S/c1-13-6-8-22(9-7-13)17(24)11-23-20(27)16(31-21(23)28)10-14-4-3-5-15(29-2)19(14)30-12-18(25)26/h3-5,10,13H,6-9,11-12H2,1-2H3,(H,25,26). The summed E-state index contributed by atoms with van der Waals surface area (Å²) in [6.45, 7) is 2.50. The molecule has 9 nitrogen and oxygen atoms in total. The molecule has 3 amide bonds. The van der Waals surface area contributed by atoms with Gasteiger partial charge in [0, 0.05) is 18.7 Å². The maximum absolute atomic E-state index is 12.8. The van der Waals surface area contributed by atoms with Crippen molar-refractivity contribution in [3.8, 4) is 11.5 Å². The normalized spacial score (nSPS) is 18.6. The number of carboxylic acids is 1. The van der Waals surface area contributed by atoms with E-state index in [1.165, 1.54) is 13.2 Å². The first-order valence-electron chi connectivity index (χ1n) is 9.85. The Bertz CT molecular complexity index is 922. The lowest BCUT2D eigenvalue weighted by Crippen LogP contribution is -2.45. The lowest BCUT2D eigenvalue weighted by molar-refractivity contribution is -0.139. The monoisotopic (exact) mass is 448 g/mol.